The molecule has 64 valence electrons. The van der Waals surface area contributed by atoms with Gasteiger partial charge in [-0.2, -0.15) is 0 Å². The van der Waals surface area contributed by atoms with Crippen molar-refractivity contribution in [1.82, 2.24) is 0 Å². The Kier molecular flexibility index (Phi) is 1.87. The van der Waals surface area contributed by atoms with Crippen LogP contribution in [0.25, 0.3) is 0 Å². The highest BCUT2D eigenvalue weighted by molar-refractivity contribution is 5.30. The third-order valence-corrected chi connectivity index (χ3v) is 1.67. The first-order valence-corrected chi connectivity index (χ1v) is 3.88. The van der Waals surface area contributed by atoms with E-state index in [2.05, 4.69) is 0 Å². The predicted octanol–water partition coefficient (Wildman–Crippen LogP) is 1.17. The van der Waals surface area contributed by atoms with Crippen molar-refractivity contribution in [2.75, 3.05) is 13.2 Å². The molecule has 0 bridgehead atoms. The summed E-state index contributed by atoms with van der Waals surface area (Å²) in [5.41, 5.74) is 0. The summed E-state index contributed by atoms with van der Waals surface area (Å²) in [5, 5.41) is 8.97. The van der Waals surface area contributed by atoms with E-state index in [1.807, 2.05) is 0 Å². The van der Waals surface area contributed by atoms with Gasteiger partial charge in [-0.3, -0.25) is 0 Å². The van der Waals surface area contributed by atoms with Crippen LogP contribution < -0.4 is 4.74 Å². The largest absolute Gasteiger partial charge is 0.508 e. The summed E-state index contributed by atoms with van der Waals surface area (Å²) in [4.78, 5) is 0. The van der Waals surface area contributed by atoms with E-state index in [9.17, 15) is 0 Å². The van der Waals surface area contributed by atoms with Gasteiger partial charge in [0.2, 0.25) is 0 Å². The average Bonchev–Trinajstić information content (AvgIpc) is 2.87. The highest BCUT2D eigenvalue weighted by atomic mass is 16.6. The number of aromatic hydroxyl groups is 1. The minimum atomic E-state index is 0.255. The highest BCUT2D eigenvalue weighted by Gasteiger charge is 2.22. The normalized spacial score (nSPS) is 20.5. The SMILES string of the molecule is Oc1ccc(OCC2CO2)cc1. The van der Waals surface area contributed by atoms with Gasteiger partial charge in [0, 0.05) is 0 Å². The van der Waals surface area contributed by atoms with Gasteiger partial charge in [0.25, 0.3) is 0 Å². The van der Waals surface area contributed by atoms with Crippen LogP contribution in [0.2, 0.25) is 0 Å². The minimum Gasteiger partial charge on any atom is -0.508 e. The minimum absolute atomic E-state index is 0.255. The molecule has 1 aromatic rings. The molecule has 0 radical (unpaired) electrons. The quantitative estimate of drug-likeness (QED) is 0.685. The number of hydrogen-bond acceptors (Lipinski definition) is 3. The fourth-order valence-corrected chi connectivity index (χ4v) is 0.896. The number of hydrogen-bond donors (Lipinski definition) is 1. The molecule has 1 heterocycles. The first-order chi connectivity index (χ1) is 5.84. The zero-order chi connectivity index (χ0) is 8.39. The Labute approximate surface area is 70.5 Å². The van der Waals surface area contributed by atoms with Crippen LogP contribution in [-0.4, -0.2) is 24.4 Å². The van der Waals surface area contributed by atoms with Gasteiger partial charge in [-0.15, -0.1) is 0 Å². The Hall–Kier alpha value is -1.22. The van der Waals surface area contributed by atoms with E-state index in [4.69, 9.17) is 14.6 Å². The maximum atomic E-state index is 8.97. The first-order valence-electron chi connectivity index (χ1n) is 3.88. The molecule has 0 aliphatic carbocycles. The molecule has 1 aromatic carbocycles. The molecule has 12 heavy (non-hydrogen) atoms. The fraction of sp³-hybridized carbons (Fsp3) is 0.333. The Balaban J connectivity index is 1.89. The standard InChI is InChI=1S/C9H10O3/c10-7-1-3-8(4-2-7)11-5-9-6-12-9/h1-4,9-10H,5-6H2. The van der Waals surface area contributed by atoms with E-state index in [1.165, 1.54) is 0 Å². The zero-order valence-electron chi connectivity index (χ0n) is 6.56. The molecule has 1 aliphatic heterocycles. The summed E-state index contributed by atoms with van der Waals surface area (Å²) in [6.07, 6.45) is 0.277. The molecule has 2 rings (SSSR count). The molecule has 1 atom stereocenters. The monoisotopic (exact) mass is 166 g/mol. The zero-order valence-corrected chi connectivity index (χ0v) is 6.56. The molecule has 1 fully saturated rings. The van der Waals surface area contributed by atoms with Crippen LogP contribution in [0.5, 0.6) is 11.5 Å². The van der Waals surface area contributed by atoms with Gasteiger partial charge in [0.15, 0.2) is 0 Å². The maximum Gasteiger partial charge on any atom is 0.119 e. The third kappa shape index (κ3) is 1.89. The predicted molar refractivity (Wildman–Crippen MR) is 43.3 cm³/mol. The van der Waals surface area contributed by atoms with Crippen molar-refractivity contribution in [3.63, 3.8) is 0 Å². The van der Waals surface area contributed by atoms with Crippen LogP contribution in [0.4, 0.5) is 0 Å². The van der Waals surface area contributed by atoms with Crippen LogP contribution >= 0.6 is 0 Å². The Morgan fingerprint density at radius 3 is 2.67 bits per heavy atom. The van der Waals surface area contributed by atoms with Gasteiger partial charge >= 0.3 is 0 Å². The third-order valence-electron chi connectivity index (χ3n) is 1.67. The Morgan fingerprint density at radius 2 is 2.08 bits per heavy atom. The van der Waals surface area contributed by atoms with Crippen LogP contribution in [0.3, 0.4) is 0 Å². The molecule has 0 saturated carbocycles. The van der Waals surface area contributed by atoms with E-state index < -0.39 is 0 Å². The van der Waals surface area contributed by atoms with Crippen LogP contribution in [-0.2, 0) is 4.74 Å². The number of phenols is 1. The molecule has 0 spiro atoms. The Bertz CT molecular complexity index is 251. The van der Waals surface area contributed by atoms with E-state index in [-0.39, 0.29) is 11.9 Å². The lowest BCUT2D eigenvalue weighted by Gasteiger charge is -2.02. The van der Waals surface area contributed by atoms with Gasteiger partial charge in [-0.05, 0) is 24.3 Å². The van der Waals surface area contributed by atoms with Gasteiger partial charge in [0.05, 0.1) is 6.61 Å². The summed E-state index contributed by atoms with van der Waals surface area (Å²) in [7, 11) is 0. The molecule has 1 unspecified atom stereocenters. The molecule has 3 heteroatoms. The van der Waals surface area contributed by atoms with Crippen molar-refractivity contribution in [2.24, 2.45) is 0 Å². The van der Waals surface area contributed by atoms with Crippen LogP contribution in [0.15, 0.2) is 24.3 Å². The molecule has 0 amide bonds. The fourth-order valence-electron chi connectivity index (χ4n) is 0.896. The summed E-state index contributed by atoms with van der Waals surface area (Å²) in [6, 6.07) is 6.67. The second kappa shape index (κ2) is 3.03. The van der Waals surface area contributed by atoms with E-state index in [0.717, 1.165) is 12.4 Å². The lowest BCUT2D eigenvalue weighted by molar-refractivity contribution is 0.263. The van der Waals surface area contributed by atoms with E-state index >= 15 is 0 Å². The lowest BCUT2D eigenvalue weighted by Crippen LogP contribution is -2.03. The number of epoxide rings is 1. The second-order valence-corrected chi connectivity index (χ2v) is 2.76. The lowest BCUT2D eigenvalue weighted by atomic mass is 10.3. The summed E-state index contributed by atoms with van der Waals surface area (Å²) in [6.45, 7) is 1.41. The number of phenolic OH excluding ortho intramolecular Hbond substituents is 1. The average molecular weight is 166 g/mol. The van der Waals surface area contributed by atoms with Crippen LogP contribution in [0, 0.1) is 0 Å². The molecule has 1 saturated heterocycles. The number of ether oxygens (including phenoxy) is 2. The van der Waals surface area contributed by atoms with Gasteiger partial charge in [0.1, 0.15) is 24.2 Å². The van der Waals surface area contributed by atoms with Crippen molar-refractivity contribution in [3.05, 3.63) is 24.3 Å². The van der Waals surface area contributed by atoms with Gasteiger partial charge in [-0.25, -0.2) is 0 Å². The summed E-state index contributed by atoms with van der Waals surface area (Å²) < 4.78 is 10.3. The van der Waals surface area contributed by atoms with Gasteiger partial charge in [-0.1, -0.05) is 0 Å². The summed E-state index contributed by atoms with van der Waals surface area (Å²) in [5.74, 6) is 1.02. The molecular formula is C9H10O3. The number of rotatable bonds is 3. The first kappa shape index (κ1) is 7.43. The molecule has 1 aliphatic rings. The molecule has 0 aromatic heterocycles. The Morgan fingerprint density at radius 1 is 1.42 bits per heavy atom. The van der Waals surface area contributed by atoms with Crippen LogP contribution in [0.1, 0.15) is 0 Å². The molecule has 3 nitrogen and oxygen atoms in total. The van der Waals surface area contributed by atoms with Gasteiger partial charge < -0.3 is 14.6 Å². The van der Waals surface area contributed by atoms with E-state index in [1.54, 1.807) is 24.3 Å². The highest BCUT2D eigenvalue weighted by Crippen LogP contribution is 2.17. The molecule has 1 N–H and O–H groups in total. The van der Waals surface area contributed by atoms with Crippen molar-refractivity contribution in [2.45, 2.75) is 6.10 Å². The smallest absolute Gasteiger partial charge is 0.119 e. The van der Waals surface area contributed by atoms with Crippen molar-refractivity contribution in [1.29, 1.82) is 0 Å². The van der Waals surface area contributed by atoms with Crippen molar-refractivity contribution in [3.8, 4) is 11.5 Å². The molecular weight excluding hydrogens is 156 g/mol. The number of benzene rings is 1. The van der Waals surface area contributed by atoms with E-state index in [0.29, 0.717) is 6.61 Å². The topological polar surface area (TPSA) is 42.0 Å². The summed E-state index contributed by atoms with van der Waals surface area (Å²) >= 11 is 0. The van der Waals surface area contributed by atoms with Crippen molar-refractivity contribution >= 4 is 0 Å². The second-order valence-electron chi connectivity index (χ2n) is 2.76. The van der Waals surface area contributed by atoms with Crippen molar-refractivity contribution < 1.29 is 14.6 Å². The maximum absolute atomic E-state index is 8.97.